The highest BCUT2D eigenvalue weighted by Crippen LogP contribution is 2.43. The fourth-order valence-electron chi connectivity index (χ4n) is 17.1. The summed E-state index contributed by atoms with van der Waals surface area (Å²) in [6.07, 6.45) is 5.96. The van der Waals surface area contributed by atoms with Crippen LogP contribution in [0.5, 0.6) is 11.5 Å². The van der Waals surface area contributed by atoms with Crippen molar-refractivity contribution in [2.45, 2.75) is 39.9 Å². The van der Waals surface area contributed by atoms with Gasteiger partial charge in [0.25, 0.3) is 6.33 Å². The number of para-hydroxylation sites is 2. The van der Waals surface area contributed by atoms with Crippen molar-refractivity contribution in [1.29, 1.82) is 0 Å². The van der Waals surface area contributed by atoms with Crippen molar-refractivity contribution in [1.82, 2.24) is 14.1 Å². The van der Waals surface area contributed by atoms with Crippen LogP contribution in [-0.4, -0.2) is 30.3 Å². The van der Waals surface area contributed by atoms with Gasteiger partial charge in [-0.15, -0.1) is 0 Å². The van der Waals surface area contributed by atoms with Crippen LogP contribution in [0.4, 0.5) is 0 Å². The van der Waals surface area contributed by atoms with Crippen LogP contribution >= 0.6 is 0 Å². The van der Waals surface area contributed by atoms with E-state index in [0.717, 1.165) is 82.2 Å². The van der Waals surface area contributed by atoms with Crippen LogP contribution in [0.25, 0.3) is 105 Å². The fraction of sp³-hybridized carbons (Fsp3) is 0.0588. The number of aryl methyl sites for hydroxylation is 2. The number of fused-ring (bicyclic) bond motifs is 7. The minimum absolute atomic E-state index is 0.0806. The van der Waals surface area contributed by atoms with E-state index in [4.69, 9.17) is 14.1 Å². The first-order valence-electron chi connectivity index (χ1n) is 40.4. The molecule has 526 valence electrons. The molecule has 110 heavy (non-hydrogen) atoms. The van der Waals surface area contributed by atoms with Crippen LogP contribution in [0, 0.1) is 20.0 Å². The average Bonchev–Trinajstić information content (AvgIpc) is 1.25. The van der Waals surface area contributed by atoms with Gasteiger partial charge in [0.2, 0.25) is 0 Å². The second kappa shape index (κ2) is 27.5. The SMILES string of the molecule is [2H]C([2H])([2H])c1cccc(C([2H])([2H])[2H])c1-c1cc(-c2cccc([Si](c3ccccc3)(c3ccccc3)c3ccccc3)c2)c(-[n+]2[c-]n(-c3cccc(Oc4ccc5c6ccccc6n(-c6cc(C(C)(C)C)ccn6)c5c4)c3)c3cc4oc5ccccc5c4cc32)c(-c2cccc([Si](c3ccccc3)(c3ccccc3)c3ccccc3)c2)c1. The van der Waals surface area contributed by atoms with E-state index in [0.29, 0.717) is 39.5 Å². The van der Waals surface area contributed by atoms with Gasteiger partial charge in [-0.1, -0.05) is 312 Å². The predicted molar refractivity (Wildman–Crippen MR) is 461 cm³/mol. The molecule has 6 nitrogen and oxygen atoms in total. The zero-order chi connectivity index (χ0) is 79.1. The first kappa shape index (κ1) is 60.8. The molecule has 0 aliphatic heterocycles. The Morgan fingerprint density at radius 3 is 1.41 bits per heavy atom. The quantitative estimate of drug-likeness (QED) is 0.0419. The van der Waals surface area contributed by atoms with Gasteiger partial charge >= 0.3 is 0 Å². The molecule has 19 rings (SSSR count). The molecule has 0 fully saturated rings. The Morgan fingerprint density at radius 1 is 0.382 bits per heavy atom. The summed E-state index contributed by atoms with van der Waals surface area (Å²) in [5.74, 6) is 2.02. The lowest BCUT2D eigenvalue weighted by Gasteiger charge is -2.35. The van der Waals surface area contributed by atoms with Gasteiger partial charge in [0.05, 0.1) is 33.4 Å². The van der Waals surface area contributed by atoms with Crippen molar-refractivity contribution < 1.29 is 21.9 Å². The maximum atomic E-state index is 9.37. The highest BCUT2D eigenvalue weighted by Gasteiger charge is 2.43. The summed E-state index contributed by atoms with van der Waals surface area (Å²) in [5.41, 5.74) is 10.7. The fourth-order valence-corrected chi connectivity index (χ4v) is 26.7. The van der Waals surface area contributed by atoms with E-state index in [1.54, 1.807) is 18.2 Å². The van der Waals surface area contributed by atoms with Crippen LogP contribution < -0.4 is 50.8 Å². The third kappa shape index (κ3) is 11.4. The summed E-state index contributed by atoms with van der Waals surface area (Å²) >= 11 is 0. The predicted octanol–water partition coefficient (Wildman–Crippen LogP) is 19.6. The van der Waals surface area contributed by atoms with Gasteiger partial charge in [0.1, 0.15) is 28.5 Å². The van der Waals surface area contributed by atoms with Crippen molar-refractivity contribution in [2.24, 2.45) is 0 Å². The Bertz CT molecular complexity index is 6530. The molecule has 0 spiro atoms. The standard InChI is InChI=1S/C102H78N4O2Si2/c1-70-32-28-33-71(2)100(70)74-62-90(72-34-29-50-85(60-72)109(79-38-12-6-13-39-79,80-40-14-7-15-41-80)81-42-16-8-17-43-81)101(91(63-74)73-35-30-51-86(61-73)110(82-44-18-9-19-45-82,83-46-20-10-21-47-83)84-48-22-11-23-49-84)105-69-104(96-68-98-92(67-95(96)105)89-53-25-27-55-97(89)108-98)76-36-31-37-77(65-76)107-78-56-57-88-87-52-24-26-54-93(87)106(94(88)66-78)99-64-75(58-59-103-99)102(3,4)5/h6-68H,1-5H3/i1D3,2D3. The summed E-state index contributed by atoms with van der Waals surface area (Å²) < 4.78 is 76.7. The molecule has 15 aromatic carbocycles. The minimum atomic E-state index is -3.31. The summed E-state index contributed by atoms with van der Waals surface area (Å²) in [5, 5.41) is 13.2. The van der Waals surface area contributed by atoms with Gasteiger partial charge in [0, 0.05) is 42.0 Å². The summed E-state index contributed by atoms with van der Waals surface area (Å²) in [6, 6.07) is 131. The number of aromatic nitrogens is 4. The van der Waals surface area contributed by atoms with Crippen LogP contribution in [0.2, 0.25) is 0 Å². The molecule has 0 saturated heterocycles. The summed E-state index contributed by atoms with van der Waals surface area (Å²) in [4.78, 5) is 4.99. The summed E-state index contributed by atoms with van der Waals surface area (Å²) in [7, 11) is -6.63. The van der Waals surface area contributed by atoms with Gasteiger partial charge < -0.3 is 9.15 Å². The van der Waals surface area contributed by atoms with E-state index in [2.05, 4.69) is 344 Å². The molecule has 8 heteroatoms. The number of hydrogen-bond donors (Lipinski definition) is 0. The Kier molecular flexibility index (Phi) is 15.2. The molecule has 0 N–H and O–H groups in total. The lowest BCUT2D eigenvalue weighted by Crippen LogP contribution is -2.74. The van der Waals surface area contributed by atoms with Gasteiger partial charge in [-0.2, -0.15) is 0 Å². The average molecular weight is 1450 g/mol. The number of furan rings is 1. The van der Waals surface area contributed by atoms with Crippen molar-refractivity contribution in [2.75, 3.05) is 0 Å². The second-order valence-corrected chi connectivity index (χ2v) is 37.1. The van der Waals surface area contributed by atoms with Crippen molar-refractivity contribution >= 4 is 112 Å². The van der Waals surface area contributed by atoms with E-state index in [1.807, 2.05) is 60.8 Å². The molecule has 4 heterocycles. The number of ether oxygens (including phenoxy) is 1. The van der Waals surface area contributed by atoms with Gasteiger partial charge in [0.15, 0.2) is 16.1 Å². The highest BCUT2D eigenvalue weighted by molar-refractivity contribution is 7.20. The zero-order valence-electron chi connectivity index (χ0n) is 67.0. The Morgan fingerprint density at radius 2 is 0.864 bits per heavy atom. The van der Waals surface area contributed by atoms with Crippen molar-refractivity contribution in [3.8, 4) is 62.1 Å². The van der Waals surface area contributed by atoms with Crippen LogP contribution in [-0.2, 0) is 5.41 Å². The number of hydrogen-bond acceptors (Lipinski definition) is 3. The molecule has 0 atom stereocenters. The molecule has 4 aromatic heterocycles. The first-order chi connectivity index (χ1) is 56.4. The second-order valence-electron chi connectivity index (χ2n) is 29.5. The number of benzene rings is 15. The third-order valence-corrected chi connectivity index (χ3v) is 31.6. The van der Waals surface area contributed by atoms with Crippen LogP contribution in [0.1, 0.15) is 45.7 Å². The van der Waals surface area contributed by atoms with Gasteiger partial charge in [-0.05, 0) is 190 Å². The number of pyridine rings is 1. The van der Waals surface area contributed by atoms with E-state index >= 15 is 0 Å². The molecular formula is C102H78N4O2Si2. The third-order valence-electron chi connectivity index (χ3n) is 22.1. The number of rotatable bonds is 16. The smallest absolute Gasteiger partial charge is 0.269 e. The largest absolute Gasteiger partial charge is 0.458 e. The van der Waals surface area contributed by atoms with Gasteiger partial charge in [-0.3, -0.25) is 13.7 Å². The lowest BCUT2D eigenvalue weighted by atomic mass is 9.88. The minimum Gasteiger partial charge on any atom is -0.458 e. The molecular weight excluding hydrogens is 1370 g/mol. The number of imidazole rings is 1. The summed E-state index contributed by atoms with van der Waals surface area (Å²) in [6.45, 7) is 1.13. The molecule has 0 bridgehead atoms. The van der Waals surface area contributed by atoms with Crippen LogP contribution in [0.3, 0.4) is 0 Å². The topological polar surface area (TPSA) is 49.0 Å². The first-order valence-corrected chi connectivity index (χ1v) is 41.4. The van der Waals surface area contributed by atoms with Crippen molar-refractivity contribution in [3.05, 3.63) is 405 Å². The maximum Gasteiger partial charge on any atom is 0.269 e. The van der Waals surface area contributed by atoms with Crippen molar-refractivity contribution in [3.63, 3.8) is 0 Å². The van der Waals surface area contributed by atoms with E-state index in [1.165, 1.54) is 36.7 Å². The Labute approximate surface area is 651 Å². The molecule has 0 aliphatic carbocycles. The van der Waals surface area contributed by atoms with E-state index in [-0.39, 0.29) is 22.1 Å². The number of nitrogens with zero attached hydrogens (tertiary/aromatic N) is 4. The lowest BCUT2D eigenvalue weighted by molar-refractivity contribution is -0.571. The zero-order valence-corrected chi connectivity index (χ0v) is 63.0. The van der Waals surface area contributed by atoms with E-state index in [9.17, 15) is 8.22 Å². The molecule has 19 aromatic rings. The molecule has 0 saturated carbocycles. The molecule has 0 unspecified atom stereocenters. The molecule has 0 radical (unpaired) electrons. The Hall–Kier alpha value is -13.2. The normalized spacial score (nSPS) is 13.1. The molecule has 0 amide bonds. The monoisotopic (exact) mass is 1450 g/mol. The maximum absolute atomic E-state index is 9.37. The highest BCUT2D eigenvalue weighted by atomic mass is 28.3. The Balaban J connectivity index is 0.925. The van der Waals surface area contributed by atoms with Crippen LogP contribution in [0.15, 0.2) is 387 Å². The molecule has 0 aliphatic rings. The van der Waals surface area contributed by atoms with Gasteiger partial charge in [-0.25, -0.2) is 4.98 Å². The van der Waals surface area contributed by atoms with E-state index < -0.39 is 29.9 Å².